The van der Waals surface area contributed by atoms with E-state index >= 15 is 0 Å². The standard InChI is InChI=1S/C11H14BrO.Rb/c1-4-8-11(2,3)10(13)7-5-6-9-12;/h1,5-7,9-10H,8H2,2-3H3;/q-1;+1/b7-5+,9-6+;/t10-;/m0./s1. The first-order valence-electron chi connectivity index (χ1n) is 4.07. The van der Waals surface area contributed by atoms with E-state index in [1.165, 1.54) is 0 Å². The second-order valence-electron chi connectivity index (χ2n) is 3.49. The van der Waals surface area contributed by atoms with Gasteiger partial charge < -0.3 is 5.11 Å². The molecule has 0 spiro atoms. The molecular weight excluding hydrogens is 313 g/mol. The van der Waals surface area contributed by atoms with Crippen LogP contribution in [0.25, 0.3) is 0 Å². The molecule has 0 aliphatic heterocycles. The summed E-state index contributed by atoms with van der Waals surface area (Å²) in [5.74, 6) is 2.52. The third-order valence-corrected chi connectivity index (χ3v) is 2.10. The molecule has 0 bridgehead atoms. The number of rotatable bonds is 4. The summed E-state index contributed by atoms with van der Waals surface area (Å²) in [5, 5.41) is 11.6. The normalized spacial score (nSPS) is 13.9. The van der Waals surface area contributed by atoms with Crippen LogP contribution < -0.4 is 63.3 Å². The van der Waals surface area contributed by atoms with Crippen molar-refractivity contribution in [3.8, 4) is 12.3 Å². The van der Waals surface area contributed by atoms with Crippen LogP contribution in [-0.4, -0.2) is 6.10 Å². The van der Waals surface area contributed by atoms with Gasteiger partial charge in [-0.2, -0.15) is 0 Å². The zero-order chi connectivity index (χ0) is 10.3. The first kappa shape index (κ1) is 17.7. The molecule has 0 rings (SSSR count). The van der Waals surface area contributed by atoms with Crippen molar-refractivity contribution >= 4 is 15.9 Å². The number of hydrogen-bond acceptors (Lipinski definition) is 1. The van der Waals surface area contributed by atoms with Gasteiger partial charge in [0.1, 0.15) is 0 Å². The van der Waals surface area contributed by atoms with Gasteiger partial charge in [-0.15, -0.1) is 18.4 Å². The van der Waals surface area contributed by atoms with Crippen molar-refractivity contribution in [1.29, 1.82) is 0 Å². The fourth-order valence-electron chi connectivity index (χ4n) is 0.831. The van der Waals surface area contributed by atoms with Gasteiger partial charge in [-0.25, -0.2) is 0 Å². The Balaban J connectivity index is 0. The van der Waals surface area contributed by atoms with Crippen molar-refractivity contribution in [3.63, 3.8) is 0 Å². The quantitative estimate of drug-likeness (QED) is 0.491. The van der Waals surface area contributed by atoms with Gasteiger partial charge >= 0.3 is 58.2 Å². The van der Waals surface area contributed by atoms with Crippen LogP contribution >= 0.6 is 15.9 Å². The summed E-state index contributed by atoms with van der Waals surface area (Å²) in [5.41, 5.74) is -0.370. The van der Waals surface area contributed by atoms with E-state index in [2.05, 4.69) is 21.9 Å². The minimum absolute atomic E-state index is 0. The zero-order valence-electron chi connectivity index (χ0n) is 8.96. The van der Waals surface area contributed by atoms with Crippen molar-refractivity contribution in [1.82, 2.24) is 0 Å². The number of allylic oxidation sites excluding steroid dienone is 2. The summed E-state index contributed by atoms with van der Waals surface area (Å²) in [6, 6.07) is 0. The molecule has 0 radical (unpaired) electrons. The monoisotopic (exact) mass is 326 g/mol. The van der Waals surface area contributed by atoms with Crippen molar-refractivity contribution in [2.75, 3.05) is 0 Å². The maximum atomic E-state index is 11.6. The molecule has 0 saturated heterocycles. The molecule has 0 aromatic carbocycles. The third kappa shape index (κ3) is 7.56. The second kappa shape index (κ2) is 9.51. The van der Waals surface area contributed by atoms with Crippen LogP contribution in [0.4, 0.5) is 0 Å². The Morgan fingerprint density at radius 1 is 1.50 bits per heavy atom. The Morgan fingerprint density at radius 3 is 2.50 bits per heavy atom. The van der Waals surface area contributed by atoms with E-state index in [0.717, 1.165) is 0 Å². The molecule has 72 valence electrons. The van der Waals surface area contributed by atoms with Crippen molar-refractivity contribution in [2.24, 2.45) is 5.41 Å². The maximum absolute atomic E-state index is 11.6. The SMILES string of the molecule is C#CCC(C)(C)[C@@H]([O-])/C=C/C=C/Br.[Rb+]. The van der Waals surface area contributed by atoms with E-state index in [0.29, 0.717) is 6.42 Å². The number of hydrogen-bond donors (Lipinski definition) is 0. The van der Waals surface area contributed by atoms with Crippen LogP contribution in [0.3, 0.4) is 0 Å². The largest absolute Gasteiger partial charge is 1.00 e. The van der Waals surface area contributed by atoms with Crippen LogP contribution in [-0.2, 0) is 0 Å². The van der Waals surface area contributed by atoms with Gasteiger partial charge in [0.15, 0.2) is 0 Å². The molecule has 3 heteroatoms. The molecule has 14 heavy (non-hydrogen) atoms. The topological polar surface area (TPSA) is 23.1 Å². The molecule has 0 aliphatic carbocycles. The maximum Gasteiger partial charge on any atom is 1.00 e. The smallest absolute Gasteiger partial charge is 0.849 e. The van der Waals surface area contributed by atoms with E-state index < -0.39 is 6.10 Å². The molecule has 1 atom stereocenters. The molecule has 0 saturated carbocycles. The van der Waals surface area contributed by atoms with Gasteiger partial charge in [0, 0.05) is 6.42 Å². The minimum atomic E-state index is -0.757. The van der Waals surface area contributed by atoms with E-state index in [1.54, 1.807) is 23.2 Å². The van der Waals surface area contributed by atoms with Gasteiger partial charge in [-0.1, -0.05) is 48.0 Å². The van der Waals surface area contributed by atoms with Crippen molar-refractivity contribution in [3.05, 3.63) is 23.2 Å². The molecule has 0 heterocycles. The summed E-state index contributed by atoms with van der Waals surface area (Å²) in [4.78, 5) is 1.70. The summed E-state index contributed by atoms with van der Waals surface area (Å²) >= 11 is 3.11. The summed E-state index contributed by atoms with van der Waals surface area (Å²) in [7, 11) is 0. The fourth-order valence-corrected chi connectivity index (χ4v) is 1.01. The van der Waals surface area contributed by atoms with Crippen LogP contribution in [0.5, 0.6) is 0 Å². The van der Waals surface area contributed by atoms with E-state index in [-0.39, 0.29) is 63.6 Å². The molecule has 0 N–H and O–H groups in total. The van der Waals surface area contributed by atoms with Gasteiger partial charge in [-0.3, -0.25) is 0 Å². The third-order valence-electron chi connectivity index (χ3n) is 1.80. The van der Waals surface area contributed by atoms with Crippen molar-refractivity contribution < 1.29 is 63.3 Å². The molecule has 0 aromatic heterocycles. The van der Waals surface area contributed by atoms with Crippen LogP contribution in [0.2, 0.25) is 0 Å². The molecule has 0 aliphatic rings. The molecule has 0 fully saturated rings. The Labute approximate surface area is 144 Å². The van der Waals surface area contributed by atoms with Gasteiger partial charge in [0.05, 0.1) is 0 Å². The predicted molar refractivity (Wildman–Crippen MR) is 58.2 cm³/mol. The Morgan fingerprint density at radius 2 is 2.07 bits per heavy atom. The van der Waals surface area contributed by atoms with Gasteiger partial charge in [0.25, 0.3) is 0 Å². The van der Waals surface area contributed by atoms with Gasteiger partial charge in [0.2, 0.25) is 0 Å². The first-order chi connectivity index (χ1) is 6.04. The molecule has 0 unspecified atom stereocenters. The van der Waals surface area contributed by atoms with Crippen LogP contribution in [0, 0.1) is 17.8 Å². The zero-order valence-corrected chi connectivity index (χ0v) is 15.5. The van der Waals surface area contributed by atoms with Crippen LogP contribution in [0.1, 0.15) is 20.3 Å². The number of halogens is 1. The fraction of sp³-hybridized carbons (Fsp3) is 0.455. The molecule has 0 amide bonds. The average molecular weight is 328 g/mol. The molecular formula is C11H14BrORb. The second-order valence-corrected chi connectivity index (χ2v) is 4.02. The number of terminal acetylenes is 1. The van der Waals surface area contributed by atoms with E-state index in [4.69, 9.17) is 6.42 Å². The van der Waals surface area contributed by atoms with Crippen molar-refractivity contribution in [2.45, 2.75) is 26.4 Å². The Bertz CT molecular complexity index is 238. The minimum Gasteiger partial charge on any atom is -0.849 e. The molecule has 0 aromatic rings. The molecule has 1 nitrogen and oxygen atoms in total. The van der Waals surface area contributed by atoms with E-state index in [1.807, 2.05) is 13.8 Å². The summed E-state index contributed by atoms with van der Waals surface area (Å²) in [6.07, 6.45) is 10.0. The Kier molecular flexibility index (Phi) is 12.0. The first-order valence-corrected chi connectivity index (χ1v) is 4.99. The van der Waals surface area contributed by atoms with E-state index in [9.17, 15) is 5.11 Å². The average Bonchev–Trinajstić information content (AvgIpc) is 2.04. The van der Waals surface area contributed by atoms with Crippen LogP contribution in [0.15, 0.2) is 23.2 Å². The predicted octanol–water partition coefficient (Wildman–Crippen LogP) is -0.766. The Hall–Kier alpha value is 1.29. The summed E-state index contributed by atoms with van der Waals surface area (Å²) < 4.78 is 0. The summed E-state index contributed by atoms with van der Waals surface area (Å²) in [6.45, 7) is 3.76. The van der Waals surface area contributed by atoms with Gasteiger partial charge in [-0.05, 0) is 10.4 Å².